The summed E-state index contributed by atoms with van der Waals surface area (Å²) in [5.74, 6) is 0.241. The predicted octanol–water partition coefficient (Wildman–Crippen LogP) is -0.598. The zero-order valence-electron chi connectivity index (χ0n) is 14.8. The fourth-order valence-electron chi connectivity index (χ4n) is 3.34. The molecule has 1 aromatic carbocycles. The van der Waals surface area contributed by atoms with Gasteiger partial charge in [-0.1, -0.05) is 63.3 Å². The van der Waals surface area contributed by atoms with Crippen LogP contribution in [-0.4, -0.2) is 29.6 Å². The molecule has 1 saturated heterocycles. The van der Waals surface area contributed by atoms with Gasteiger partial charge in [-0.2, -0.15) is 0 Å². The standard InChI is InChI=1S/C20H31NO2.ClH/c1-2-3-4-5-6-7-8-16-9-11-17(12-10-16)13-20(23)19-14-18(22)15-21-19;/h9-12,18-19,21-22H,2-8,13-15H2,1H3;1H/t18-,19+;/m0./s1. The van der Waals surface area contributed by atoms with Gasteiger partial charge in [0.15, 0.2) is 5.78 Å². The lowest BCUT2D eigenvalue weighted by molar-refractivity contribution is -0.659. The number of hydrogen-bond acceptors (Lipinski definition) is 2. The summed E-state index contributed by atoms with van der Waals surface area (Å²) in [6.45, 7) is 2.91. The maximum Gasteiger partial charge on any atom is 0.194 e. The van der Waals surface area contributed by atoms with Gasteiger partial charge in [0.25, 0.3) is 0 Å². The van der Waals surface area contributed by atoms with Gasteiger partial charge in [0, 0.05) is 12.8 Å². The second-order valence-corrected chi connectivity index (χ2v) is 6.94. The number of aryl methyl sites for hydroxylation is 1. The van der Waals surface area contributed by atoms with Gasteiger partial charge in [-0.05, 0) is 24.0 Å². The molecule has 0 aliphatic carbocycles. The number of Topliss-reactive ketones (excluding diaryl/α,β-unsaturated/α-hetero) is 1. The molecule has 4 heteroatoms. The van der Waals surface area contributed by atoms with Crippen LogP contribution in [0.15, 0.2) is 24.3 Å². The molecule has 2 atom stereocenters. The van der Waals surface area contributed by atoms with Crippen LogP contribution in [0.4, 0.5) is 0 Å². The number of carbonyl (C=O) groups excluding carboxylic acids is 1. The van der Waals surface area contributed by atoms with E-state index in [4.69, 9.17) is 0 Å². The molecule has 1 aliphatic rings. The molecule has 3 nitrogen and oxygen atoms in total. The highest BCUT2D eigenvalue weighted by molar-refractivity contribution is 5.85. The number of ketones is 1. The van der Waals surface area contributed by atoms with Crippen LogP contribution >= 0.6 is 0 Å². The third-order valence-electron chi connectivity index (χ3n) is 4.85. The van der Waals surface area contributed by atoms with E-state index in [1.165, 1.54) is 44.1 Å². The van der Waals surface area contributed by atoms with E-state index in [9.17, 15) is 9.90 Å². The third-order valence-corrected chi connectivity index (χ3v) is 4.85. The number of unbranched alkanes of at least 4 members (excludes halogenated alkanes) is 5. The van der Waals surface area contributed by atoms with Crippen molar-refractivity contribution < 1.29 is 27.6 Å². The SMILES string of the molecule is CCCCCCCCc1ccc(CC(=O)[C@H]2C[C@H](O)C[NH2+]2)cc1.[Cl-]. The molecule has 2 rings (SSSR count). The Morgan fingerprint density at radius 1 is 1.08 bits per heavy atom. The minimum atomic E-state index is -0.316. The van der Waals surface area contributed by atoms with E-state index in [2.05, 4.69) is 31.2 Å². The van der Waals surface area contributed by atoms with Crippen LogP contribution in [-0.2, 0) is 17.6 Å². The lowest BCUT2D eigenvalue weighted by Crippen LogP contribution is -3.00. The highest BCUT2D eigenvalue weighted by atomic mass is 35.5. The summed E-state index contributed by atoms with van der Waals surface area (Å²) < 4.78 is 0. The monoisotopic (exact) mass is 353 g/mol. The Morgan fingerprint density at radius 2 is 1.71 bits per heavy atom. The van der Waals surface area contributed by atoms with Gasteiger partial charge in [-0.15, -0.1) is 0 Å². The molecular weight excluding hydrogens is 322 g/mol. The summed E-state index contributed by atoms with van der Waals surface area (Å²) in [6, 6.07) is 8.47. The maximum atomic E-state index is 12.2. The number of aliphatic hydroxyl groups excluding tert-OH is 1. The lowest BCUT2D eigenvalue weighted by atomic mass is 9.99. The van der Waals surface area contributed by atoms with Gasteiger partial charge in [0.1, 0.15) is 18.7 Å². The Bertz CT molecular complexity index is 475. The van der Waals surface area contributed by atoms with E-state index >= 15 is 0 Å². The first kappa shape index (κ1) is 21.1. The van der Waals surface area contributed by atoms with Crippen molar-refractivity contribution in [3.05, 3.63) is 35.4 Å². The fraction of sp³-hybridized carbons (Fsp3) is 0.650. The summed E-state index contributed by atoms with van der Waals surface area (Å²) in [5.41, 5.74) is 2.47. The van der Waals surface area contributed by atoms with Gasteiger partial charge >= 0.3 is 0 Å². The van der Waals surface area contributed by atoms with Gasteiger partial charge in [-0.3, -0.25) is 4.79 Å². The fourth-order valence-corrected chi connectivity index (χ4v) is 3.34. The minimum Gasteiger partial charge on any atom is -1.00 e. The highest BCUT2D eigenvalue weighted by Gasteiger charge is 2.31. The van der Waals surface area contributed by atoms with Crippen LogP contribution in [0.25, 0.3) is 0 Å². The van der Waals surface area contributed by atoms with E-state index in [-0.39, 0.29) is 30.3 Å². The number of aliphatic hydroxyl groups is 1. The third kappa shape index (κ3) is 7.33. The molecule has 0 aromatic heterocycles. The van der Waals surface area contributed by atoms with Crippen LogP contribution < -0.4 is 17.7 Å². The molecule has 1 fully saturated rings. The van der Waals surface area contributed by atoms with Crippen LogP contribution in [0.2, 0.25) is 0 Å². The number of nitrogens with two attached hydrogens (primary N) is 1. The smallest absolute Gasteiger partial charge is 0.194 e. The van der Waals surface area contributed by atoms with Crippen molar-refractivity contribution in [2.45, 2.75) is 76.9 Å². The van der Waals surface area contributed by atoms with Crippen molar-refractivity contribution >= 4 is 5.78 Å². The second kappa shape index (κ2) is 11.6. The van der Waals surface area contributed by atoms with E-state index in [1.807, 2.05) is 5.32 Å². The Kier molecular flexibility index (Phi) is 10.2. The number of rotatable bonds is 10. The molecule has 0 bridgehead atoms. The quantitative estimate of drug-likeness (QED) is 0.552. The Labute approximate surface area is 152 Å². The first-order chi connectivity index (χ1) is 11.2. The zero-order valence-corrected chi connectivity index (χ0v) is 15.6. The van der Waals surface area contributed by atoms with E-state index < -0.39 is 0 Å². The van der Waals surface area contributed by atoms with Gasteiger partial charge in [0.05, 0.1) is 0 Å². The Balaban J connectivity index is 0.00000288. The maximum absolute atomic E-state index is 12.2. The number of benzene rings is 1. The number of quaternary nitrogens is 1. The first-order valence-electron chi connectivity index (χ1n) is 9.31. The van der Waals surface area contributed by atoms with Gasteiger partial charge < -0.3 is 22.8 Å². The van der Waals surface area contributed by atoms with Crippen molar-refractivity contribution in [2.75, 3.05) is 6.54 Å². The van der Waals surface area contributed by atoms with Crippen molar-refractivity contribution in [1.29, 1.82) is 0 Å². The van der Waals surface area contributed by atoms with E-state index in [1.54, 1.807) is 0 Å². The molecule has 0 amide bonds. The predicted molar refractivity (Wildman–Crippen MR) is 93.4 cm³/mol. The molecule has 0 saturated carbocycles. The van der Waals surface area contributed by atoms with Crippen LogP contribution in [0.3, 0.4) is 0 Å². The summed E-state index contributed by atoms with van der Waals surface area (Å²) >= 11 is 0. The Morgan fingerprint density at radius 3 is 2.33 bits per heavy atom. The molecule has 3 N–H and O–H groups in total. The highest BCUT2D eigenvalue weighted by Crippen LogP contribution is 2.12. The molecule has 0 radical (unpaired) electrons. The van der Waals surface area contributed by atoms with Crippen molar-refractivity contribution in [3.8, 4) is 0 Å². The molecule has 1 heterocycles. The molecule has 24 heavy (non-hydrogen) atoms. The van der Waals surface area contributed by atoms with Gasteiger partial charge in [0.2, 0.25) is 0 Å². The summed E-state index contributed by atoms with van der Waals surface area (Å²) in [6.07, 6.45) is 9.88. The zero-order chi connectivity index (χ0) is 16.5. The second-order valence-electron chi connectivity index (χ2n) is 6.94. The van der Waals surface area contributed by atoms with E-state index in [0.717, 1.165) is 12.0 Å². The van der Waals surface area contributed by atoms with Gasteiger partial charge in [-0.25, -0.2) is 0 Å². The number of carbonyl (C=O) groups is 1. The number of halogens is 1. The minimum absolute atomic E-state index is 0. The number of hydrogen-bond donors (Lipinski definition) is 2. The first-order valence-corrected chi connectivity index (χ1v) is 9.31. The average molecular weight is 354 g/mol. The summed E-state index contributed by atoms with van der Waals surface area (Å²) in [4.78, 5) is 12.2. The molecule has 0 spiro atoms. The molecule has 1 aliphatic heterocycles. The average Bonchev–Trinajstić information content (AvgIpc) is 2.99. The van der Waals surface area contributed by atoms with Crippen molar-refractivity contribution in [3.63, 3.8) is 0 Å². The normalized spacial score (nSPS) is 19.9. The van der Waals surface area contributed by atoms with Crippen LogP contribution in [0, 0.1) is 0 Å². The summed E-state index contributed by atoms with van der Waals surface area (Å²) in [5, 5.41) is 11.5. The molecule has 1 aromatic rings. The molecule has 136 valence electrons. The largest absolute Gasteiger partial charge is 1.00 e. The van der Waals surface area contributed by atoms with Crippen LogP contribution in [0.1, 0.15) is 63.0 Å². The van der Waals surface area contributed by atoms with Crippen molar-refractivity contribution in [1.82, 2.24) is 0 Å². The topological polar surface area (TPSA) is 53.9 Å². The Hall–Kier alpha value is -0.900. The molecule has 0 unspecified atom stereocenters. The summed E-state index contributed by atoms with van der Waals surface area (Å²) in [7, 11) is 0. The lowest BCUT2D eigenvalue weighted by Gasteiger charge is -2.07. The van der Waals surface area contributed by atoms with Crippen LogP contribution in [0.5, 0.6) is 0 Å². The van der Waals surface area contributed by atoms with Crippen molar-refractivity contribution in [2.24, 2.45) is 0 Å². The molecular formula is C20H32ClNO2. The van der Waals surface area contributed by atoms with E-state index in [0.29, 0.717) is 19.4 Å².